The van der Waals surface area contributed by atoms with Crippen molar-refractivity contribution in [2.24, 2.45) is 5.73 Å². The molecule has 3 rings (SSSR count). The van der Waals surface area contributed by atoms with Crippen molar-refractivity contribution < 1.29 is 13.6 Å². The zero-order valence-corrected chi connectivity index (χ0v) is 11.2. The number of hydrogen-bond acceptors (Lipinski definition) is 2. The lowest BCUT2D eigenvalue weighted by Crippen LogP contribution is -2.32. The average molecular weight is 300 g/mol. The molecule has 3 N–H and O–H groups in total. The number of fused-ring (bicyclic) bond motifs is 1. The number of carbonyl (C=O) groups excluding carboxylic acids is 1. The van der Waals surface area contributed by atoms with Crippen LogP contribution >= 0.6 is 11.6 Å². The van der Waals surface area contributed by atoms with Crippen LogP contribution in [0.2, 0.25) is 5.02 Å². The molecule has 1 unspecified atom stereocenters. The first-order valence-electron chi connectivity index (χ1n) is 6.18. The molecule has 0 aliphatic carbocycles. The summed E-state index contributed by atoms with van der Waals surface area (Å²) in [4.78, 5) is 16.5. The molecule has 1 fully saturated rings. The molecule has 1 amide bonds. The Kier molecular flexibility index (Phi) is 3.14. The van der Waals surface area contributed by atoms with Crippen molar-refractivity contribution in [3.8, 4) is 0 Å². The second-order valence-corrected chi connectivity index (χ2v) is 5.31. The first-order valence-corrected chi connectivity index (χ1v) is 6.56. The monoisotopic (exact) mass is 299 g/mol. The lowest BCUT2D eigenvalue weighted by atomic mass is 10.2. The van der Waals surface area contributed by atoms with Gasteiger partial charge in [0.1, 0.15) is 16.5 Å². The maximum atomic E-state index is 13.8. The SMILES string of the molecule is NC1CCN(C(=O)c2cc3cc(F)c(Cl)c(F)c3[nH]2)C1. The Bertz CT molecular complexity index is 700. The third-order valence-corrected chi connectivity index (χ3v) is 3.84. The normalized spacial score (nSPS) is 19.0. The molecule has 2 aromatic rings. The predicted molar refractivity (Wildman–Crippen MR) is 71.7 cm³/mol. The number of aromatic amines is 1. The zero-order valence-electron chi connectivity index (χ0n) is 10.4. The molecule has 1 aromatic heterocycles. The molecular formula is C13H12ClF2N3O. The van der Waals surface area contributed by atoms with Crippen LogP contribution in [0.25, 0.3) is 10.9 Å². The molecule has 7 heteroatoms. The topological polar surface area (TPSA) is 62.1 Å². The highest BCUT2D eigenvalue weighted by atomic mass is 35.5. The zero-order chi connectivity index (χ0) is 14.4. The van der Waals surface area contributed by atoms with E-state index in [1.54, 1.807) is 4.90 Å². The summed E-state index contributed by atoms with van der Waals surface area (Å²) >= 11 is 5.51. The number of likely N-dealkylation sites (tertiary alicyclic amines) is 1. The van der Waals surface area contributed by atoms with E-state index < -0.39 is 16.7 Å². The Morgan fingerprint density at radius 2 is 2.20 bits per heavy atom. The van der Waals surface area contributed by atoms with E-state index >= 15 is 0 Å². The van der Waals surface area contributed by atoms with E-state index in [-0.39, 0.29) is 28.5 Å². The largest absolute Gasteiger partial charge is 0.348 e. The van der Waals surface area contributed by atoms with Crippen LogP contribution in [-0.2, 0) is 0 Å². The number of aromatic nitrogens is 1. The fourth-order valence-corrected chi connectivity index (χ4v) is 2.59. The number of nitrogens with one attached hydrogen (secondary N) is 1. The maximum absolute atomic E-state index is 13.8. The van der Waals surface area contributed by atoms with Crippen LogP contribution < -0.4 is 5.73 Å². The molecule has 0 bridgehead atoms. The van der Waals surface area contributed by atoms with Crippen molar-refractivity contribution >= 4 is 28.4 Å². The van der Waals surface area contributed by atoms with Crippen LogP contribution in [0.5, 0.6) is 0 Å². The van der Waals surface area contributed by atoms with Crippen molar-refractivity contribution in [3.05, 3.63) is 34.5 Å². The van der Waals surface area contributed by atoms with Gasteiger partial charge in [0.2, 0.25) is 0 Å². The quantitative estimate of drug-likeness (QED) is 0.794. The summed E-state index contributed by atoms with van der Waals surface area (Å²) in [7, 11) is 0. The van der Waals surface area contributed by atoms with Gasteiger partial charge >= 0.3 is 0 Å². The van der Waals surface area contributed by atoms with Crippen LogP contribution in [-0.4, -0.2) is 34.9 Å². The molecule has 1 saturated heterocycles. The average Bonchev–Trinajstić information content (AvgIpc) is 3.02. The number of nitrogens with zero attached hydrogens (tertiary/aromatic N) is 1. The summed E-state index contributed by atoms with van der Waals surface area (Å²) in [6.45, 7) is 1.03. The molecule has 106 valence electrons. The van der Waals surface area contributed by atoms with Gasteiger partial charge in [-0.3, -0.25) is 4.79 Å². The molecule has 0 spiro atoms. The van der Waals surface area contributed by atoms with Gasteiger partial charge in [0.15, 0.2) is 5.82 Å². The van der Waals surface area contributed by atoms with Gasteiger partial charge in [-0.05, 0) is 18.6 Å². The molecule has 0 radical (unpaired) electrons. The molecule has 1 aromatic carbocycles. The van der Waals surface area contributed by atoms with Gasteiger partial charge in [-0.25, -0.2) is 8.78 Å². The molecule has 1 aliphatic heterocycles. The van der Waals surface area contributed by atoms with Crippen LogP contribution in [0.3, 0.4) is 0 Å². The number of halogens is 3. The fraction of sp³-hybridized carbons (Fsp3) is 0.308. The first kappa shape index (κ1) is 13.3. The molecular weight excluding hydrogens is 288 g/mol. The summed E-state index contributed by atoms with van der Waals surface area (Å²) in [6.07, 6.45) is 0.737. The van der Waals surface area contributed by atoms with Gasteiger partial charge in [-0.1, -0.05) is 11.6 Å². The highest BCUT2D eigenvalue weighted by Crippen LogP contribution is 2.28. The minimum atomic E-state index is -0.890. The van der Waals surface area contributed by atoms with Gasteiger partial charge in [0, 0.05) is 24.5 Å². The number of carbonyl (C=O) groups is 1. The Morgan fingerprint density at radius 3 is 2.85 bits per heavy atom. The Hall–Kier alpha value is -1.66. The van der Waals surface area contributed by atoms with Gasteiger partial charge in [0.25, 0.3) is 5.91 Å². The van der Waals surface area contributed by atoms with Gasteiger partial charge in [0.05, 0.1) is 5.52 Å². The highest BCUT2D eigenvalue weighted by Gasteiger charge is 2.26. The van der Waals surface area contributed by atoms with Crippen molar-refractivity contribution in [1.82, 2.24) is 9.88 Å². The molecule has 20 heavy (non-hydrogen) atoms. The number of rotatable bonds is 1. The molecule has 4 nitrogen and oxygen atoms in total. The summed E-state index contributed by atoms with van der Waals surface area (Å²) in [5, 5.41) is -0.308. The van der Waals surface area contributed by atoms with E-state index in [4.69, 9.17) is 17.3 Å². The molecule has 2 heterocycles. The predicted octanol–water partition coefficient (Wildman–Crippen LogP) is 2.27. The molecule has 0 saturated carbocycles. The van der Waals surface area contributed by atoms with Crippen LogP contribution in [0.15, 0.2) is 12.1 Å². The Balaban J connectivity index is 2.01. The van der Waals surface area contributed by atoms with Crippen molar-refractivity contribution in [2.75, 3.05) is 13.1 Å². The van der Waals surface area contributed by atoms with Crippen LogP contribution in [0, 0.1) is 11.6 Å². The van der Waals surface area contributed by atoms with E-state index in [1.807, 2.05) is 0 Å². The van der Waals surface area contributed by atoms with E-state index in [0.717, 1.165) is 12.5 Å². The van der Waals surface area contributed by atoms with Crippen molar-refractivity contribution in [2.45, 2.75) is 12.5 Å². The lowest BCUT2D eigenvalue weighted by Gasteiger charge is -2.14. The first-order chi connectivity index (χ1) is 9.47. The number of hydrogen-bond donors (Lipinski definition) is 2. The number of benzene rings is 1. The smallest absolute Gasteiger partial charge is 0.270 e. The number of amides is 1. The second-order valence-electron chi connectivity index (χ2n) is 4.93. The minimum absolute atomic E-state index is 0.0308. The standard InChI is InChI=1S/C13H12ClF2N3O/c14-10-8(15)3-6-4-9(18-12(6)11(10)16)13(20)19-2-1-7(17)5-19/h3-4,7,18H,1-2,5,17H2. The van der Waals surface area contributed by atoms with Crippen molar-refractivity contribution in [1.29, 1.82) is 0 Å². The fourth-order valence-electron chi connectivity index (χ4n) is 2.44. The second kappa shape index (κ2) is 4.71. The molecule has 1 aliphatic rings. The summed E-state index contributed by atoms with van der Waals surface area (Å²) in [6, 6.07) is 2.49. The maximum Gasteiger partial charge on any atom is 0.270 e. The summed E-state index contributed by atoms with van der Waals surface area (Å²) < 4.78 is 27.2. The van der Waals surface area contributed by atoms with Gasteiger partial charge in [-0.2, -0.15) is 0 Å². The van der Waals surface area contributed by atoms with Crippen LogP contribution in [0.1, 0.15) is 16.9 Å². The summed E-state index contributed by atoms with van der Waals surface area (Å²) in [5.41, 5.74) is 5.98. The lowest BCUT2D eigenvalue weighted by molar-refractivity contribution is 0.0786. The van der Waals surface area contributed by atoms with Crippen LogP contribution in [0.4, 0.5) is 8.78 Å². The third-order valence-electron chi connectivity index (χ3n) is 3.49. The summed E-state index contributed by atoms with van der Waals surface area (Å²) in [5.74, 6) is -2.01. The number of H-pyrrole nitrogens is 1. The van der Waals surface area contributed by atoms with Gasteiger partial charge in [-0.15, -0.1) is 0 Å². The highest BCUT2D eigenvalue weighted by molar-refractivity contribution is 6.31. The molecule has 1 atom stereocenters. The third kappa shape index (κ3) is 2.05. The van der Waals surface area contributed by atoms with Gasteiger partial charge < -0.3 is 15.6 Å². The minimum Gasteiger partial charge on any atom is -0.348 e. The van der Waals surface area contributed by atoms with Crippen molar-refractivity contribution in [3.63, 3.8) is 0 Å². The number of nitrogens with two attached hydrogens (primary N) is 1. The van der Waals surface area contributed by atoms with E-state index in [0.29, 0.717) is 13.1 Å². The Morgan fingerprint density at radius 1 is 1.45 bits per heavy atom. The van der Waals surface area contributed by atoms with E-state index in [2.05, 4.69) is 4.98 Å². The Labute approximate surface area is 118 Å². The van der Waals surface area contributed by atoms with E-state index in [9.17, 15) is 13.6 Å². The van der Waals surface area contributed by atoms with E-state index in [1.165, 1.54) is 6.07 Å².